The Labute approximate surface area is 349 Å². The van der Waals surface area contributed by atoms with E-state index in [2.05, 4.69) is 223 Å². The van der Waals surface area contributed by atoms with Gasteiger partial charge in [0.05, 0.1) is 16.7 Å². The fraction of sp³-hybridized carbons (Fsp3) is 0. The number of ether oxygens (including phenoxy) is 1. The molecule has 0 spiro atoms. The molecule has 59 heavy (non-hydrogen) atoms. The van der Waals surface area contributed by atoms with E-state index in [-0.39, 0.29) is 5.99 Å². The quantitative estimate of drug-likeness (QED) is 0.123. The molecule has 9 aromatic carbocycles. The Kier molecular flexibility index (Phi) is 7.94. The molecule has 0 saturated carbocycles. The summed E-state index contributed by atoms with van der Waals surface area (Å²) in [6.45, 7) is 0. The Hall–Kier alpha value is -6.79. The highest BCUT2D eigenvalue weighted by Gasteiger charge is 2.44. The zero-order valence-electron chi connectivity index (χ0n) is 32.1. The molecule has 276 valence electrons. The predicted molar refractivity (Wildman–Crippen MR) is 253 cm³/mol. The van der Waals surface area contributed by atoms with Gasteiger partial charge in [-0.15, -0.1) is 0 Å². The van der Waals surface area contributed by atoms with Crippen molar-refractivity contribution in [3.63, 3.8) is 0 Å². The fourth-order valence-corrected chi connectivity index (χ4v) is 16.2. The lowest BCUT2D eigenvalue weighted by Crippen LogP contribution is -2.74. The number of benzene rings is 9. The third kappa shape index (κ3) is 5.22. The normalized spacial score (nSPS) is 12.8. The predicted octanol–water partition coefficient (Wildman–Crippen LogP) is 9.81. The summed E-state index contributed by atoms with van der Waals surface area (Å²) >= 11 is 1.97. The van der Waals surface area contributed by atoms with Gasteiger partial charge in [0, 0.05) is 21.2 Å². The SMILES string of the molecule is c1ccc([Si](c2ccccc2)(c2ccccc2)c2ccc3c(c2)SB2c4ccccc4Oc4cc(-c5ccccc5-n5c6ccccc6c6ccccc65)cc-3c42)cc1. The van der Waals surface area contributed by atoms with Gasteiger partial charge in [-0.25, -0.2) is 0 Å². The molecule has 0 saturated heterocycles. The van der Waals surface area contributed by atoms with Gasteiger partial charge in [-0.05, 0) is 90.8 Å². The van der Waals surface area contributed by atoms with E-state index in [1.807, 2.05) is 11.6 Å². The van der Waals surface area contributed by atoms with Crippen molar-refractivity contribution in [1.29, 1.82) is 0 Å². The molecule has 0 amide bonds. The highest BCUT2D eigenvalue weighted by Crippen LogP contribution is 2.46. The second kappa shape index (κ2) is 13.7. The van der Waals surface area contributed by atoms with Crippen molar-refractivity contribution in [3.05, 3.63) is 218 Å². The fourth-order valence-electron chi connectivity index (χ4n) is 9.91. The number of rotatable bonds is 6. The molecule has 1 aromatic heterocycles. The highest BCUT2D eigenvalue weighted by atomic mass is 32.2. The van der Waals surface area contributed by atoms with Gasteiger partial charge in [0.2, 0.25) is 0 Å². The molecule has 0 aliphatic carbocycles. The van der Waals surface area contributed by atoms with Crippen LogP contribution in [0.3, 0.4) is 0 Å². The maximum Gasteiger partial charge on any atom is 0.289 e. The molecule has 2 aliphatic heterocycles. The average Bonchev–Trinajstić information content (AvgIpc) is 3.64. The maximum atomic E-state index is 6.91. The molecule has 0 bridgehead atoms. The summed E-state index contributed by atoms with van der Waals surface area (Å²) in [5.41, 5.74) is 10.8. The molecular weight excluding hydrogens is 750 g/mol. The Morgan fingerprint density at radius 2 is 0.983 bits per heavy atom. The van der Waals surface area contributed by atoms with Crippen molar-refractivity contribution in [2.75, 3.05) is 0 Å². The number of fused-ring (bicyclic) bond motifs is 7. The first-order valence-corrected chi connectivity index (χ1v) is 23.2. The molecule has 0 fully saturated rings. The third-order valence-corrected chi connectivity index (χ3v) is 18.5. The standard InChI is InChI=1S/C54H36BNOSSi/c1-4-18-38(19-5-1)59(39-20-6-2-7-21-39,40-22-8-3-9-23-40)41-32-33-45-46-34-37(35-52-54(46)55(58-53(45)36-41)47-27-13-17-31-51(47)57-52)42-24-10-14-28-48(42)56-49-29-15-11-25-43(49)44-26-12-16-30-50(44)56/h1-36H. The van der Waals surface area contributed by atoms with E-state index in [1.54, 1.807) is 0 Å². The van der Waals surface area contributed by atoms with E-state index in [1.165, 1.54) is 69.5 Å². The van der Waals surface area contributed by atoms with Crippen LogP contribution in [0.15, 0.2) is 223 Å². The number of aromatic nitrogens is 1. The maximum absolute atomic E-state index is 6.91. The van der Waals surface area contributed by atoms with Crippen molar-refractivity contribution in [1.82, 2.24) is 4.57 Å². The Morgan fingerprint density at radius 1 is 0.424 bits per heavy atom. The first-order chi connectivity index (χ1) is 29.3. The van der Waals surface area contributed by atoms with Gasteiger partial charge in [-0.3, -0.25) is 0 Å². The number of nitrogens with zero attached hydrogens (tertiary/aromatic N) is 1. The zero-order chi connectivity index (χ0) is 38.9. The molecule has 12 rings (SSSR count). The van der Waals surface area contributed by atoms with Gasteiger partial charge in [-0.1, -0.05) is 176 Å². The van der Waals surface area contributed by atoms with Crippen LogP contribution in [0.4, 0.5) is 0 Å². The lowest BCUT2D eigenvalue weighted by molar-refractivity contribution is 0.488. The monoisotopic (exact) mass is 785 g/mol. The van der Waals surface area contributed by atoms with E-state index < -0.39 is 8.07 Å². The van der Waals surface area contributed by atoms with Crippen molar-refractivity contribution >= 4 is 79.2 Å². The van der Waals surface area contributed by atoms with Gasteiger partial charge in [0.1, 0.15) is 11.5 Å². The van der Waals surface area contributed by atoms with Gasteiger partial charge in [0.25, 0.3) is 5.99 Å². The average molecular weight is 786 g/mol. The van der Waals surface area contributed by atoms with Crippen LogP contribution in [0.2, 0.25) is 0 Å². The molecule has 2 aliphatic rings. The van der Waals surface area contributed by atoms with Crippen LogP contribution in [-0.4, -0.2) is 18.6 Å². The van der Waals surface area contributed by atoms with Crippen molar-refractivity contribution in [3.8, 4) is 39.4 Å². The van der Waals surface area contributed by atoms with Crippen LogP contribution in [0.5, 0.6) is 11.5 Å². The Morgan fingerprint density at radius 3 is 1.64 bits per heavy atom. The van der Waals surface area contributed by atoms with Crippen LogP contribution < -0.4 is 36.4 Å². The van der Waals surface area contributed by atoms with Gasteiger partial charge < -0.3 is 9.30 Å². The Bertz CT molecular complexity index is 3090. The van der Waals surface area contributed by atoms with Crippen LogP contribution in [-0.2, 0) is 0 Å². The third-order valence-electron chi connectivity index (χ3n) is 12.4. The minimum atomic E-state index is -2.74. The van der Waals surface area contributed by atoms with E-state index in [0.717, 1.165) is 28.3 Å². The molecule has 10 aromatic rings. The van der Waals surface area contributed by atoms with Gasteiger partial charge in [-0.2, -0.15) is 11.6 Å². The largest absolute Gasteiger partial charge is 0.458 e. The van der Waals surface area contributed by atoms with E-state index >= 15 is 0 Å². The summed E-state index contributed by atoms with van der Waals surface area (Å²) in [5, 5.41) is 8.01. The minimum absolute atomic E-state index is 0.0931. The summed E-state index contributed by atoms with van der Waals surface area (Å²) in [4.78, 5) is 1.30. The topological polar surface area (TPSA) is 14.2 Å². The summed E-state index contributed by atoms with van der Waals surface area (Å²) in [6.07, 6.45) is 0. The van der Waals surface area contributed by atoms with E-state index in [0.29, 0.717) is 0 Å². The van der Waals surface area contributed by atoms with Gasteiger partial charge >= 0.3 is 0 Å². The summed E-state index contributed by atoms with van der Waals surface area (Å²) in [7, 11) is -2.74. The minimum Gasteiger partial charge on any atom is -0.458 e. The molecule has 0 unspecified atom stereocenters. The summed E-state index contributed by atoms with van der Waals surface area (Å²) in [6, 6.07) is 80.7. The molecule has 2 nitrogen and oxygen atoms in total. The Balaban J connectivity index is 1.11. The molecular formula is C54H36BNOSSi. The number of hydrogen-bond donors (Lipinski definition) is 0. The molecule has 0 N–H and O–H groups in total. The van der Waals surface area contributed by atoms with Crippen molar-refractivity contribution in [2.24, 2.45) is 0 Å². The lowest BCUT2D eigenvalue weighted by atomic mass is 9.57. The highest BCUT2D eigenvalue weighted by molar-refractivity contribution is 8.28. The summed E-state index contributed by atoms with van der Waals surface area (Å²) < 4.78 is 9.34. The van der Waals surface area contributed by atoms with E-state index in [9.17, 15) is 0 Å². The van der Waals surface area contributed by atoms with Crippen LogP contribution >= 0.6 is 11.6 Å². The number of para-hydroxylation sites is 4. The van der Waals surface area contributed by atoms with Crippen molar-refractivity contribution in [2.45, 2.75) is 4.90 Å². The first kappa shape index (κ1) is 34.3. The smallest absolute Gasteiger partial charge is 0.289 e. The van der Waals surface area contributed by atoms with Crippen LogP contribution in [0, 0.1) is 0 Å². The van der Waals surface area contributed by atoms with E-state index in [4.69, 9.17) is 4.74 Å². The molecule has 5 heteroatoms. The summed E-state index contributed by atoms with van der Waals surface area (Å²) in [5.74, 6) is 1.95. The van der Waals surface area contributed by atoms with Gasteiger partial charge in [0.15, 0.2) is 8.07 Å². The second-order valence-electron chi connectivity index (χ2n) is 15.5. The second-order valence-corrected chi connectivity index (χ2v) is 20.5. The van der Waals surface area contributed by atoms with Crippen LogP contribution in [0.1, 0.15) is 0 Å². The molecule has 3 heterocycles. The van der Waals surface area contributed by atoms with Crippen molar-refractivity contribution < 1.29 is 4.74 Å². The zero-order valence-corrected chi connectivity index (χ0v) is 33.9. The molecule has 0 atom stereocenters. The number of hydrogen-bond acceptors (Lipinski definition) is 2. The van der Waals surface area contributed by atoms with Crippen LogP contribution in [0.25, 0.3) is 49.7 Å². The lowest BCUT2D eigenvalue weighted by Gasteiger charge is -2.37. The first-order valence-electron chi connectivity index (χ1n) is 20.3. The molecule has 0 radical (unpaired) electrons.